The van der Waals surface area contributed by atoms with Crippen LogP contribution in [0.15, 0.2) is 36.4 Å². The van der Waals surface area contributed by atoms with Crippen LogP contribution in [0.5, 0.6) is 17.2 Å². The second kappa shape index (κ2) is 11.3. The molecule has 1 aliphatic rings. The topological polar surface area (TPSA) is 156 Å². The van der Waals surface area contributed by atoms with Crippen molar-refractivity contribution in [3.05, 3.63) is 42.0 Å². The summed E-state index contributed by atoms with van der Waals surface area (Å²) in [5.74, 6) is 1.01. The summed E-state index contributed by atoms with van der Waals surface area (Å²) in [6.07, 6.45) is 4.44. The van der Waals surface area contributed by atoms with E-state index >= 15 is 0 Å². The van der Waals surface area contributed by atoms with Crippen LogP contribution in [-0.2, 0) is 4.74 Å². The van der Waals surface area contributed by atoms with Gasteiger partial charge in [-0.15, -0.1) is 0 Å². The van der Waals surface area contributed by atoms with Crippen LogP contribution in [0.25, 0.3) is 0 Å². The van der Waals surface area contributed by atoms with Crippen LogP contribution in [-0.4, -0.2) is 39.4 Å². The molecule has 8 N–H and O–H groups in total. The van der Waals surface area contributed by atoms with Gasteiger partial charge in [-0.05, 0) is 12.1 Å². The first kappa shape index (κ1) is 23.2. The third kappa shape index (κ3) is 5.83. The van der Waals surface area contributed by atoms with Gasteiger partial charge in [0.15, 0.2) is 0 Å². The van der Waals surface area contributed by atoms with E-state index in [4.69, 9.17) is 35.0 Å². The maximum Gasteiger partial charge on any atom is 0.338 e. The average Bonchev–Trinajstić information content (AvgIpc) is 2.78. The van der Waals surface area contributed by atoms with Gasteiger partial charge in [-0.2, -0.15) is 0 Å². The zero-order valence-corrected chi connectivity index (χ0v) is 18.5. The molecule has 10 nitrogen and oxygen atoms in total. The van der Waals surface area contributed by atoms with Crippen LogP contribution < -0.4 is 40.9 Å². The van der Waals surface area contributed by atoms with Crippen molar-refractivity contribution >= 4 is 40.9 Å². The predicted octanol–water partition coefficient (Wildman–Crippen LogP) is 2.78. The van der Waals surface area contributed by atoms with Crippen molar-refractivity contribution in [2.24, 2.45) is 5.14 Å². The van der Waals surface area contributed by atoms with Crippen LogP contribution in [0, 0.1) is 0 Å². The van der Waals surface area contributed by atoms with Crippen molar-refractivity contribution in [3.8, 4) is 17.2 Å². The first-order valence-electron chi connectivity index (χ1n) is 9.90. The summed E-state index contributed by atoms with van der Waals surface area (Å²) in [6.45, 7) is 1.72. The second-order valence-electron chi connectivity index (χ2n) is 6.78. The van der Waals surface area contributed by atoms with E-state index < -0.39 is 5.97 Å². The van der Waals surface area contributed by atoms with Crippen molar-refractivity contribution in [3.63, 3.8) is 0 Å². The van der Waals surface area contributed by atoms with E-state index in [0.717, 1.165) is 12.2 Å². The number of nitrogens with two attached hydrogens (primary N) is 3. The Bertz CT molecular complexity index is 986. The zero-order chi connectivity index (χ0) is 22.9. The number of carbonyl (C=O) groups is 1. The number of benzene rings is 2. The minimum Gasteiger partial charge on any atom is -0.491 e. The van der Waals surface area contributed by atoms with Crippen molar-refractivity contribution < 1.29 is 23.2 Å². The van der Waals surface area contributed by atoms with E-state index in [1.165, 1.54) is 7.11 Å². The molecule has 0 bridgehead atoms. The van der Waals surface area contributed by atoms with E-state index in [1.807, 2.05) is 12.2 Å². The maximum absolute atomic E-state index is 11.9. The van der Waals surface area contributed by atoms with E-state index in [2.05, 4.69) is 10.6 Å². The van der Waals surface area contributed by atoms with Gasteiger partial charge in [0.2, 0.25) is 0 Å². The van der Waals surface area contributed by atoms with Crippen molar-refractivity contribution in [2.75, 3.05) is 55.5 Å². The van der Waals surface area contributed by atoms with Crippen LogP contribution >= 0.6 is 12.2 Å². The average molecular weight is 462 g/mol. The molecular formula is C21H27N5O5S. The molecule has 2 aromatic rings. The Morgan fingerprint density at radius 2 is 1.56 bits per heavy atom. The summed E-state index contributed by atoms with van der Waals surface area (Å²) in [5.41, 5.74) is 14.8. The standard InChI is InChI=1S/C21H27N5O5S/c1-28-21(27)13-9-15(22)19-17(10-13)29-7-4-8-30-18-12-14(31-32-24)11-16(23)20(18)26-6-3-2-5-25-19/h2-3,9-12,25-26H,4-8,22-24H2,1H3/b3-2+. The van der Waals surface area contributed by atoms with Gasteiger partial charge >= 0.3 is 5.97 Å². The number of methoxy groups -OCH3 is 1. The molecule has 0 saturated heterocycles. The fraction of sp³-hybridized carbons (Fsp3) is 0.286. The van der Waals surface area contributed by atoms with E-state index in [9.17, 15) is 4.79 Å². The predicted molar refractivity (Wildman–Crippen MR) is 127 cm³/mol. The molecule has 0 aromatic heterocycles. The summed E-state index contributed by atoms with van der Waals surface area (Å²) in [4.78, 5) is 11.9. The van der Waals surface area contributed by atoms with Gasteiger partial charge < -0.3 is 40.5 Å². The number of hydrogen-bond acceptors (Lipinski definition) is 11. The fourth-order valence-electron chi connectivity index (χ4n) is 3.10. The summed E-state index contributed by atoms with van der Waals surface area (Å²) in [5, 5.41) is 11.9. The molecule has 0 amide bonds. The van der Waals surface area contributed by atoms with Crippen molar-refractivity contribution in [1.29, 1.82) is 0 Å². The molecule has 3 rings (SSSR count). The number of fused-ring (bicyclic) bond motifs is 2. The Hall–Kier alpha value is -3.44. The van der Waals surface area contributed by atoms with E-state index in [0.29, 0.717) is 78.3 Å². The molecule has 0 aliphatic carbocycles. The lowest BCUT2D eigenvalue weighted by Gasteiger charge is -2.17. The second-order valence-corrected chi connectivity index (χ2v) is 7.14. The Balaban J connectivity index is 1.82. The van der Waals surface area contributed by atoms with Gasteiger partial charge in [-0.1, -0.05) is 12.2 Å². The number of nitrogens with one attached hydrogen (secondary N) is 2. The van der Waals surface area contributed by atoms with Gasteiger partial charge in [-0.25, -0.2) is 9.93 Å². The molecule has 0 radical (unpaired) electrons. The maximum atomic E-state index is 11.9. The normalized spacial score (nSPS) is 15.1. The number of anilines is 4. The molecule has 32 heavy (non-hydrogen) atoms. The number of hydrogen-bond donors (Lipinski definition) is 5. The fourth-order valence-corrected chi connectivity index (χ4v) is 3.31. The van der Waals surface area contributed by atoms with Gasteiger partial charge in [-0.3, -0.25) is 0 Å². The number of carbonyl (C=O) groups excluding carboxylic acids is 1. The summed E-state index contributed by atoms with van der Waals surface area (Å²) >= 11 is 0.731. The van der Waals surface area contributed by atoms with Crippen LogP contribution in [0.3, 0.4) is 0 Å². The minimum absolute atomic E-state index is 0.314. The van der Waals surface area contributed by atoms with Gasteiger partial charge in [0, 0.05) is 31.6 Å². The largest absolute Gasteiger partial charge is 0.491 e. The van der Waals surface area contributed by atoms with Crippen molar-refractivity contribution in [2.45, 2.75) is 6.42 Å². The number of ether oxygens (including phenoxy) is 3. The molecule has 0 spiro atoms. The molecule has 11 heteroatoms. The zero-order valence-electron chi connectivity index (χ0n) is 17.7. The highest BCUT2D eigenvalue weighted by Gasteiger charge is 2.16. The van der Waals surface area contributed by atoms with Gasteiger partial charge in [0.1, 0.15) is 40.9 Å². The van der Waals surface area contributed by atoms with Crippen LogP contribution in [0.2, 0.25) is 0 Å². The molecule has 1 heterocycles. The lowest BCUT2D eigenvalue weighted by atomic mass is 10.1. The Kier molecular flexibility index (Phi) is 8.17. The summed E-state index contributed by atoms with van der Waals surface area (Å²) in [7, 11) is 1.32. The Morgan fingerprint density at radius 1 is 0.969 bits per heavy atom. The van der Waals surface area contributed by atoms with Crippen molar-refractivity contribution in [1.82, 2.24) is 0 Å². The monoisotopic (exact) mass is 461 g/mol. The quantitative estimate of drug-likeness (QED) is 0.150. The van der Waals surface area contributed by atoms with Gasteiger partial charge in [0.25, 0.3) is 0 Å². The highest BCUT2D eigenvalue weighted by molar-refractivity contribution is 7.92. The Morgan fingerprint density at radius 3 is 2.16 bits per heavy atom. The number of nitrogen functional groups attached to an aromatic ring is 2. The lowest BCUT2D eigenvalue weighted by molar-refractivity contribution is 0.0600. The smallest absolute Gasteiger partial charge is 0.338 e. The third-order valence-corrected chi connectivity index (χ3v) is 4.86. The van der Waals surface area contributed by atoms with Gasteiger partial charge in [0.05, 0.1) is 37.3 Å². The summed E-state index contributed by atoms with van der Waals surface area (Å²) in [6, 6.07) is 6.57. The minimum atomic E-state index is -0.490. The molecule has 0 saturated carbocycles. The lowest BCUT2D eigenvalue weighted by Crippen LogP contribution is -2.11. The molecule has 0 fully saturated rings. The third-order valence-electron chi connectivity index (χ3n) is 4.57. The van der Waals surface area contributed by atoms with E-state index in [1.54, 1.807) is 24.3 Å². The molecule has 172 valence electrons. The Labute approximate surface area is 190 Å². The highest BCUT2D eigenvalue weighted by atomic mass is 32.2. The molecule has 0 unspecified atom stereocenters. The van der Waals surface area contributed by atoms with Crippen LogP contribution in [0.4, 0.5) is 22.7 Å². The molecular weight excluding hydrogens is 434 g/mol. The first-order valence-corrected chi connectivity index (χ1v) is 10.7. The molecule has 0 atom stereocenters. The first-order chi connectivity index (χ1) is 15.5. The highest BCUT2D eigenvalue weighted by Crippen LogP contribution is 2.37. The van der Waals surface area contributed by atoms with Crippen LogP contribution in [0.1, 0.15) is 16.8 Å². The molecule has 1 aliphatic heterocycles. The SMILES string of the molecule is COC(=O)c1cc(N)c2c(c1)OCCCOc1cc(OSN)cc(N)c1NC/C=C/CN2. The number of esters is 1. The number of rotatable bonds is 3. The molecule has 2 aromatic carbocycles. The summed E-state index contributed by atoms with van der Waals surface area (Å²) < 4.78 is 21.9. The van der Waals surface area contributed by atoms with E-state index in [-0.39, 0.29) is 0 Å².